The zero-order valence-electron chi connectivity index (χ0n) is 9.94. The Kier molecular flexibility index (Phi) is 2.65. The summed E-state index contributed by atoms with van der Waals surface area (Å²) >= 11 is 0. The van der Waals surface area contributed by atoms with Crippen LogP contribution in [0.5, 0.6) is 0 Å². The summed E-state index contributed by atoms with van der Waals surface area (Å²) in [6.45, 7) is 1.83. The smallest absolute Gasteiger partial charge is 0.317 e. The van der Waals surface area contributed by atoms with Gasteiger partial charge in [0.15, 0.2) is 0 Å². The predicted octanol–water partition coefficient (Wildman–Crippen LogP) is 1.13. The molecule has 5 nitrogen and oxygen atoms in total. The molecule has 0 saturated carbocycles. The van der Waals surface area contributed by atoms with Crippen LogP contribution in [0.3, 0.4) is 0 Å². The molecule has 0 bridgehead atoms. The second-order valence-corrected chi connectivity index (χ2v) is 4.59. The maximum atomic E-state index is 12.1. The minimum atomic E-state index is -0.111. The highest BCUT2D eigenvalue weighted by molar-refractivity contribution is 5.81. The lowest BCUT2D eigenvalue weighted by Gasteiger charge is -2.24. The molecular weight excluding hydrogens is 228 g/mol. The summed E-state index contributed by atoms with van der Waals surface area (Å²) < 4.78 is 1.76. The first-order valence-electron chi connectivity index (χ1n) is 6.15. The van der Waals surface area contributed by atoms with Gasteiger partial charge in [0.2, 0.25) is 0 Å². The van der Waals surface area contributed by atoms with E-state index in [0.717, 1.165) is 37.0 Å². The number of aromatic nitrogens is 2. The minimum Gasteiger partial charge on any atom is -0.317 e. The Labute approximate surface area is 104 Å². The van der Waals surface area contributed by atoms with Crippen molar-refractivity contribution in [3.8, 4) is 6.07 Å². The summed E-state index contributed by atoms with van der Waals surface area (Å²) in [6, 6.07) is 7.74. The molecule has 0 aliphatic carbocycles. The fraction of sp³-hybridized carbons (Fsp3) is 0.385. The largest absolute Gasteiger partial charge is 0.326 e. The lowest BCUT2D eigenvalue weighted by atomic mass is 10.1. The van der Waals surface area contributed by atoms with Gasteiger partial charge in [-0.1, -0.05) is 6.07 Å². The number of fused-ring (bicyclic) bond motifs is 1. The number of H-pyrrole nitrogens is 1. The summed E-state index contributed by atoms with van der Waals surface area (Å²) in [5, 5.41) is 12.5. The molecule has 2 N–H and O–H groups in total. The van der Waals surface area contributed by atoms with E-state index in [9.17, 15) is 10.1 Å². The van der Waals surface area contributed by atoms with Gasteiger partial charge in [-0.25, -0.2) is 4.79 Å². The van der Waals surface area contributed by atoms with Gasteiger partial charge in [0, 0.05) is 6.04 Å². The number of piperidine rings is 1. The van der Waals surface area contributed by atoms with Crippen molar-refractivity contribution in [2.45, 2.75) is 18.9 Å². The molecule has 1 saturated heterocycles. The molecule has 3 rings (SSSR count). The van der Waals surface area contributed by atoms with Gasteiger partial charge >= 0.3 is 5.69 Å². The van der Waals surface area contributed by atoms with E-state index >= 15 is 0 Å². The molecule has 1 aliphatic heterocycles. The molecule has 0 atom stereocenters. The molecule has 5 heteroatoms. The van der Waals surface area contributed by atoms with Gasteiger partial charge < -0.3 is 10.3 Å². The van der Waals surface area contributed by atoms with Crippen LogP contribution in [0, 0.1) is 11.3 Å². The molecule has 2 aromatic rings. The van der Waals surface area contributed by atoms with Gasteiger partial charge in [-0.15, -0.1) is 0 Å². The van der Waals surface area contributed by atoms with Crippen molar-refractivity contribution in [3.63, 3.8) is 0 Å². The van der Waals surface area contributed by atoms with Gasteiger partial charge in [0.05, 0.1) is 16.6 Å². The zero-order valence-corrected chi connectivity index (χ0v) is 9.94. The Hall–Kier alpha value is -2.06. The number of hydrogen-bond donors (Lipinski definition) is 2. The normalized spacial score (nSPS) is 16.8. The van der Waals surface area contributed by atoms with E-state index in [1.807, 2.05) is 6.07 Å². The first-order chi connectivity index (χ1) is 8.81. The topological polar surface area (TPSA) is 73.6 Å². The summed E-state index contributed by atoms with van der Waals surface area (Å²) in [6.07, 6.45) is 1.85. The van der Waals surface area contributed by atoms with Gasteiger partial charge in [-0.05, 0) is 38.1 Å². The number of nitrogens with zero attached hydrogens (tertiary/aromatic N) is 2. The van der Waals surface area contributed by atoms with Crippen molar-refractivity contribution < 1.29 is 0 Å². The Bertz CT molecular complexity index is 670. The number of nitrogens with one attached hydrogen (secondary N) is 2. The van der Waals surface area contributed by atoms with Crippen molar-refractivity contribution in [1.29, 1.82) is 5.26 Å². The summed E-state index contributed by atoms with van der Waals surface area (Å²) in [4.78, 5) is 14.9. The van der Waals surface area contributed by atoms with Crippen molar-refractivity contribution in [2.24, 2.45) is 0 Å². The standard InChI is InChI=1S/C13H14N4O/c14-8-9-2-1-3-11-12(9)17(13(18)16-11)10-4-6-15-7-5-10/h1-3,10,15H,4-7H2,(H,16,18). The molecule has 1 fully saturated rings. The van der Waals surface area contributed by atoms with E-state index in [0.29, 0.717) is 5.56 Å². The van der Waals surface area contributed by atoms with Crippen LogP contribution in [0.1, 0.15) is 24.4 Å². The summed E-state index contributed by atoms with van der Waals surface area (Å²) in [5.41, 5.74) is 1.94. The zero-order chi connectivity index (χ0) is 12.5. The van der Waals surface area contributed by atoms with E-state index in [2.05, 4.69) is 16.4 Å². The fourth-order valence-corrected chi connectivity index (χ4v) is 2.68. The second kappa shape index (κ2) is 4.31. The molecule has 18 heavy (non-hydrogen) atoms. The first-order valence-corrected chi connectivity index (χ1v) is 6.15. The van der Waals surface area contributed by atoms with Gasteiger partial charge in [-0.3, -0.25) is 4.57 Å². The second-order valence-electron chi connectivity index (χ2n) is 4.59. The highest BCUT2D eigenvalue weighted by Crippen LogP contribution is 2.23. The fourth-order valence-electron chi connectivity index (χ4n) is 2.68. The van der Waals surface area contributed by atoms with Crippen molar-refractivity contribution in [3.05, 3.63) is 34.2 Å². The average Bonchev–Trinajstić information content (AvgIpc) is 2.75. The number of nitriles is 1. The van der Waals surface area contributed by atoms with Crippen molar-refractivity contribution >= 4 is 11.0 Å². The van der Waals surface area contributed by atoms with E-state index in [1.54, 1.807) is 16.7 Å². The van der Waals surface area contributed by atoms with Crippen LogP contribution in [0.2, 0.25) is 0 Å². The molecule has 92 valence electrons. The van der Waals surface area contributed by atoms with Crippen LogP contribution in [0.25, 0.3) is 11.0 Å². The van der Waals surface area contributed by atoms with E-state index in [1.165, 1.54) is 0 Å². The Morgan fingerprint density at radius 2 is 2.11 bits per heavy atom. The Morgan fingerprint density at radius 3 is 2.83 bits per heavy atom. The molecule has 1 aliphatic rings. The third-order valence-electron chi connectivity index (χ3n) is 3.53. The Balaban J connectivity index is 2.24. The highest BCUT2D eigenvalue weighted by Gasteiger charge is 2.20. The van der Waals surface area contributed by atoms with Gasteiger partial charge in [-0.2, -0.15) is 5.26 Å². The number of para-hydroxylation sites is 1. The number of imidazole rings is 1. The van der Waals surface area contributed by atoms with E-state index < -0.39 is 0 Å². The number of aromatic amines is 1. The van der Waals surface area contributed by atoms with Crippen LogP contribution in [-0.4, -0.2) is 22.6 Å². The van der Waals surface area contributed by atoms with E-state index in [4.69, 9.17) is 0 Å². The monoisotopic (exact) mass is 242 g/mol. The molecule has 0 spiro atoms. The molecule has 0 radical (unpaired) electrons. The van der Waals surface area contributed by atoms with E-state index in [-0.39, 0.29) is 11.7 Å². The van der Waals surface area contributed by atoms with Crippen LogP contribution >= 0.6 is 0 Å². The highest BCUT2D eigenvalue weighted by atomic mass is 16.1. The van der Waals surface area contributed by atoms with Gasteiger partial charge in [0.25, 0.3) is 0 Å². The maximum absolute atomic E-state index is 12.1. The van der Waals surface area contributed by atoms with Crippen molar-refractivity contribution in [2.75, 3.05) is 13.1 Å². The Morgan fingerprint density at radius 1 is 1.33 bits per heavy atom. The van der Waals surface area contributed by atoms with Crippen LogP contribution in [0.4, 0.5) is 0 Å². The minimum absolute atomic E-state index is 0.111. The van der Waals surface area contributed by atoms with Crippen LogP contribution < -0.4 is 11.0 Å². The molecule has 1 aromatic carbocycles. The lowest BCUT2D eigenvalue weighted by molar-refractivity contribution is 0.368. The average molecular weight is 242 g/mol. The van der Waals surface area contributed by atoms with Crippen LogP contribution in [-0.2, 0) is 0 Å². The SMILES string of the molecule is N#Cc1cccc2[nH]c(=O)n(C3CCNCC3)c12. The summed E-state index contributed by atoms with van der Waals surface area (Å²) in [5.74, 6) is 0. The van der Waals surface area contributed by atoms with Crippen LogP contribution in [0.15, 0.2) is 23.0 Å². The molecule has 0 unspecified atom stereocenters. The maximum Gasteiger partial charge on any atom is 0.326 e. The quantitative estimate of drug-likeness (QED) is 0.787. The first kappa shape index (κ1) is 11.1. The molecule has 2 heterocycles. The summed E-state index contributed by atoms with van der Waals surface area (Å²) in [7, 11) is 0. The van der Waals surface area contributed by atoms with Crippen molar-refractivity contribution in [1.82, 2.24) is 14.9 Å². The number of hydrogen-bond acceptors (Lipinski definition) is 3. The third kappa shape index (κ3) is 1.62. The molecule has 0 amide bonds. The third-order valence-corrected chi connectivity index (χ3v) is 3.53. The molecule has 1 aromatic heterocycles. The van der Waals surface area contributed by atoms with Gasteiger partial charge in [0.1, 0.15) is 6.07 Å². The number of benzene rings is 1. The number of rotatable bonds is 1. The predicted molar refractivity (Wildman–Crippen MR) is 68.4 cm³/mol. The lowest BCUT2D eigenvalue weighted by Crippen LogP contribution is -2.33. The molecular formula is C13H14N4O.